The molecule has 0 amide bonds. The Morgan fingerprint density at radius 2 is 2.29 bits per heavy atom. The zero-order valence-corrected chi connectivity index (χ0v) is 10.8. The number of rotatable bonds is 6. The van der Waals surface area contributed by atoms with Gasteiger partial charge >= 0.3 is 5.97 Å². The van der Waals surface area contributed by atoms with Crippen LogP contribution < -0.4 is 5.32 Å². The number of furan rings is 1. The van der Waals surface area contributed by atoms with Crippen molar-refractivity contribution in [2.45, 2.75) is 19.5 Å². The second-order valence-electron chi connectivity index (χ2n) is 4.31. The Labute approximate surface area is 102 Å². The van der Waals surface area contributed by atoms with E-state index in [0.717, 1.165) is 12.1 Å². The zero-order chi connectivity index (χ0) is 12.8. The van der Waals surface area contributed by atoms with Crippen LogP contribution in [-0.2, 0) is 11.3 Å². The largest absolute Gasteiger partial charge is 0.463 e. The van der Waals surface area contributed by atoms with Gasteiger partial charge in [0.15, 0.2) is 0 Å². The van der Waals surface area contributed by atoms with E-state index in [4.69, 9.17) is 4.42 Å². The Hall–Kier alpha value is -1.33. The van der Waals surface area contributed by atoms with Crippen LogP contribution in [0, 0.1) is 0 Å². The molecule has 0 fully saturated rings. The summed E-state index contributed by atoms with van der Waals surface area (Å²) in [6, 6.07) is 2.12. The van der Waals surface area contributed by atoms with Crippen LogP contribution in [0.15, 0.2) is 16.7 Å². The molecule has 17 heavy (non-hydrogen) atoms. The van der Waals surface area contributed by atoms with Gasteiger partial charge in [-0.15, -0.1) is 0 Å². The number of carbonyl (C=O) groups excluding carboxylic acids is 1. The fraction of sp³-hybridized carbons (Fsp3) is 0.583. The smallest absolute Gasteiger partial charge is 0.374 e. The van der Waals surface area contributed by atoms with Crippen molar-refractivity contribution in [2.24, 2.45) is 0 Å². The topological polar surface area (TPSA) is 54.7 Å². The first-order valence-corrected chi connectivity index (χ1v) is 5.57. The van der Waals surface area contributed by atoms with E-state index in [1.165, 1.54) is 13.4 Å². The van der Waals surface area contributed by atoms with Crippen LogP contribution in [0.3, 0.4) is 0 Å². The molecule has 0 saturated heterocycles. The van der Waals surface area contributed by atoms with E-state index < -0.39 is 5.97 Å². The van der Waals surface area contributed by atoms with Crippen LogP contribution in [-0.4, -0.2) is 44.7 Å². The molecule has 96 valence electrons. The van der Waals surface area contributed by atoms with Gasteiger partial charge < -0.3 is 19.4 Å². The summed E-state index contributed by atoms with van der Waals surface area (Å²) < 4.78 is 9.74. The number of nitrogens with one attached hydrogen (secondary N) is 1. The van der Waals surface area contributed by atoms with Crippen molar-refractivity contribution < 1.29 is 13.9 Å². The fourth-order valence-corrected chi connectivity index (χ4v) is 1.64. The molecule has 1 heterocycles. The van der Waals surface area contributed by atoms with Gasteiger partial charge in [0.25, 0.3) is 0 Å². The maximum atomic E-state index is 11.4. The lowest BCUT2D eigenvalue weighted by Gasteiger charge is -2.18. The number of methoxy groups -OCH3 is 1. The Balaban J connectivity index is 2.52. The molecule has 5 nitrogen and oxygen atoms in total. The highest BCUT2D eigenvalue weighted by molar-refractivity contribution is 5.87. The molecule has 1 unspecified atom stereocenters. The third kappa shape index (κ3) is 4.20. The molecule has 1 aromatic heterocycles. The van der Waals surface area contributed by atoms with Gasteiger partial charge in [0.2, 0.25) is 5.76 Å². The summed E-state index contributed by atoms with van der Waals surface area (Å²) in [6.45, 7) is 3.62. The molecule has 0 saturated carbocycles. The quantitative estimate of drug-likeness (QED) is 0.755. The first kappa shape index (κ1) is 13.7. The predicted octanol–water partition coefficient (Wildman–Crippen LogP) is 1.11. The molecular formula is C12H20N2O3. The lowest BCUT2D eigenvalue weighted by atomic mass is 10.2. The van der Waals surface area contributed by atoms with Crippen molar-refractivity contribution in [2.75, 3.05) is 27.7 Å². The molecule has 0 aliphatic heterocycles. The number of nitrogens with zero attached hydrogens (tertiary/aromatic N) is 1. The first-order valence-electron chi connectivity index (χ1n) is 5.57. The molecule has 1 atom stereocenters. The number of hydrogen-bond donors (Lipinski definition) is 1. The molecule has 0 spiro atoms. The van der Waals surface area contributed by atoms with Crippen LogP contribution in [0.4, 0.5) is 0 Å². The van der Waals surface area contributed by atoms with E-state index in [2.05, 4.69) is 21.9 Å². The second-order valence-corrected chi connectivity index (χ2v) is 4.31. The van der Waals surface area contributed by atoms with Gasteiger partial charge in [0.05, 0.1) is 13.4 Å². The Morgan fingerprint density at radius 1 is 1.59 bits per heavy atom. The van der Waals surface area contributed by atoms with Crippen molar-refractivity contribution in [3.8, 4) is 0 Å². The minimum atomic E-state index is -0.438. The lowest BCUT2D eigenvalue weighted by molar-refractivity contribution is 0.0563. The van der Waals surface area contributed by atoms with Crippen molar-refractivity contribution >= 4 is 5.97 Å². The maximum Gasteiger partial charge on any atom is 0.374 e. The minimum absolute atomic E-state index is 0.275. The zero-order valence-electron chi connectivity index (χ0n) is 10.8. The highest BCUT2D eigenvalue weighted by Gasteiger charge is 2.15. The van der Waals surface area contributed by atoms with E-state index in [1.54, 1.807) is 6.07 Å². The number of likely N-dealkylation sites (N-methyl/N-ethyl adjacent to an activating group) is 1. The molecule has 0 aromatic carbocycles. The molecule has 0 aliphatic rings. The molecular weight excluding hydrogens is 220 g/mol. The third-order valence-corrected chi connectivity index (χ3v) is 2.40. The summed E-state index contributed by atoms with van der Waals surface area (Å²) >= 11 is 0. The summed E-state index contributed by atoms with van der Waals surface area (Å²) in [6.07, 6.45) is 1.50. The van der Waals surface area contributed by atoms with E-state index in [9.17, 15) is 4.79 Å². The normalized spacial score (nSPS) is 12.8. The summed E-state index contributed by atoms with van der Waals surface area (Å²) in [4.78, 5) is 13.5. The third-order valence-electron chi connectivity index (χ3n) is 2.40. The van der Waals surface area contributed by atoms with Crippen molar-refractivity contribution in [1.29, 1.82) is 0 Å². The Morgan fingerprint density at radius 3 is 2.88 bits per heavy atom. The van der Waals surface area contributed by atoms with Gasteiger partial charge in [-0.3, -0.25) is 0 Å². The lowest BCUT2D eigenvalue weighted by Crippen LogP contribution is -2.35. The molecule has 0 radical (unpaired) electrons. The number of carbonyl (C=O) groups is 1. The number of ether oxygens (including phenoxy) is 1. The second kappa shape index (κ2) is 6.42. The van der Waals surface area contributed by atoms with Crippen LogP contribution >= 0.6 is 0 Å². The Kier molecular flexibility index (Phi) is 5.18. The average Bonchev–Trinajstić information content (AvgIpc) is 2.72. The summed E-state index contributed by atoms with van der Waals surface area (Å²) in [7, 11) is 5.39. The molecule has 1 N–H and O–H groups in total. The molecule has 1 rings (SSSR count). The van der Waals surface area contributed by atoms with Crippen molar-refractivity contribution in [3.63, 3.8) is 0 Å². The molecule has 1 aromatic rings. The van der Waals surface area contributed by atoms with E-state index in [-0.39, 0.29) is 5.76 Å². The van der Waals surface area contributed by atoms with Crippen LogP contribution in [0.1, 0.15) is 23.0 Å². The van der Waals surface area contributed by atoms with Crippen molar-refractivity contribution in [3.05, 3.63) is 23.7 Å². The first-order chi connectivity index (χ1) is 8.04. The standard InChI is InChI=1S/C12H20N2O3/c1-9(8-14(2)3)13-7-10-5-6-17-11(10)12(15)16-4/h5-6,9,13H,7-8H2,1-4H3. The monoisotopic (exact) mass is 240 g/mol. The summed E-state index contributed by atoms with van der Waals surface area (Å²) in [5, 5.41) is 3.33. The minimum Gasteiger partial charge on any atom is -0.463 e. The SMILES string of the molecule is COC(=O)c1occc1CNC(C)CN(C)C. The van der Waals surface area contributed by atoms with Crippen LogP contribution in [0.5, 0.6) is 0 Å². The van der Waals surface area contributed by atoms with Crippen LogP contribution in [0.25, 0.3) is 0 Å². The van der Waals surface area contributed by atoms with Gasteiger partial charge in [-0.25, -0.2) is 4.79 Å². The number of esters is 1. The van der Waals surface area contributed by atoms with Crippen LogP contribution in [0.2, 0.25) is 0 Å². The molecule has 0 aliphatic carbocycles. The number of hydrogen-bond acceptors (Lipinski definition) is 5. The summed E-state index contributed by atoms with van der Waals surface area (Å²) in [5.41, 5.74) is 0.822. The highest BCUT2D eigenvalue weighted by Crippen LogP contribution is 2.11. The van der Waals surface area contributed by atoms with E-state index in [1.807, 2.05) is 14.1 Å². The maximum absolute atomic E-state index is 11.4. The predicted molar refractivity (Wildman–Crippen MR) is 64.9 cm³/mol. The molecule has 0 bridgehead atoms. The fourth-order valence-electron chi connectivity index (χ4n) is 1.64. The molecule has 5 heteroatoms. The van der Waals surface area contributed by atoms with Gasteiger partial charge in [0.1, 0.15) is 0 Å². The van der Waals surface area contributed by atoms with Crippen molar-refractivity contribution in [1.82, 2.24) is 10.2 Å². The summed E-state index contributed by atoms with van der Waals surface area (Å²) in [5.74, 6) is -0.163. The van der Waals surface area contributed by atoms with E-state index in [0.29, 0.717) is 12.6 Å². The average molecular weight is 240 g/mol. The van der Waals surface area contributed by atoms with Gasteiger partial charge in [-0.2, -0.15) is 0 Å². The Bertz CT molecular complexity index is 360. The van der Waals surface area contributed by atoms with E-state index >= 15 is 0 Å². The van der Waals surface area contributed by atoms with Gasteiger partial charge in [-0.05, 0) is 27.1 Å². The van der Waals surface area contributed by atoms with Gasteiger partial charge in [0, 0.05) is 24.7 Å². The van der Waals surface area contributed by atoms with Gasteiger partial charge in [-0.1, -0.05) is 0 Å². The highest BCUT2D eigenvalue weighted by atomic mass is 16.5.